The Labute approximate surface area is 115 Å². The maximum atomic E-state index is 2.27. The molecule has 0 spiro atoms. The molecule has 2 aromatic rings. The van der Waals surface area contributed by atoms with E-state index in [1.165, 1.54) is 33.4 Å². The van der Waals surface area contributed by atoms with Gasteiger partial charge < -0.3 is 0 Å². The van der Waals surface area contributed by atoms with Crippen LogP contribution in [0.3, 0.4) is 0 Å². The molecule has 0 heteroatoms. The Morgan fingerprint density at radius 3 is 2.37 bits per heavy atom. The second-order valence-corrected chi connectivity index (χ2v) is 5.08. The molecule has 3 rings (SSSR count). The van der Waals surface area contributed by atoms with Crippen LogP contribution in [-0.2, 0) is 0 Å². The third-order valence-electron chi connectivity index (χ3n) is 3.54. The average molecular weight is 245 g/mol. The fourth-order valence-electron chi connectivity index (χ4n) is 2.51. The van der Waals surface area contributed by atoms with Gasteiger partial charge in [0.05, 0.1) is 0 Å². The van der Waals surface area contributed by atoms with Gasteiger partial charge in [-0.2, -0.15) is 0 Å². The lowest BCUT2D eigenvalue weighted by Gasteiger charge is -2.07. The second-order valence-electron chi connectivity index (χ2n) is 5.08. The van der Waals surface area contributed by atoms with E-state index in [1.807, 2.05) is 6.07 Å². The second kappa shape index (κ2) is 4.89. The highest BCUT2D eigenvalue weighted by Gasteiger charge is 2.14. The topological polar surface area (TPSA) is 0 Å². The van der Waals surface area contributed by atoms with Crippen molar-refractivity contribution in [2.75, 3.05) is 0 Å². The Kier molecular flexibility index (Phi) is 3.08. The van der Waals surface area contributed by atoms with Gasteiger partial charge in [0.25, 0.3) is 0 Å². The van der Waals surface area contributed by atoms with Crippen molar-refractivity contribution in [3.05, 3.63) is 82.3 Å². The Balaban J connectivity index is 1.99. The fourth-order valence-corrected chi connectivity index (χ4v) is 2.51. The van der Waals surface area contributed by atoms with Crippen molar-refractivity contribution in [3.8, 4) is 0 Å². The van der Waals surface area contributed by atoms with E-state index in [4.69, 9.17) is 0 Å². The first-order valence-corrected chi connectivity index (χ1v) is 6.64. The third-order valence-corrected chi connectivity index (χ3v) is 3.54. The average Bonchev–Trinajstić information content (AvgIpc) is 2.82. The van der Waals surface area contributed by atoms with Crippen LogP contribution in [0.1, 0.15) is 34.7 Å². The molecule has 1 radical (unpaired) electrons. The molecule has 93 valence electrons. The van der Waals surface area contributed by atoms with Gasteiger partial charge in [0, 0.05) is 6.42 Å². The van der Waals surface area contributed by atoms with Crippen molar-refractivity contribution < 1.29 is 0 Å². The Morgan fingerprint density at radius 1 is 0.789 bits per heavy atom. The molecule has 0 amide bonds. The quantitative estimate of drug-likeness (QED) is 0.643. The van der Waals surface area contributed by atoms with Gasteiger partial charge in [0.15, 0.2) is 0 Å². The number of rotatable bonds is 2. The number of benzene rings is 2. The Morgan fingerprint density at radius 2 is 1.58 bits per heavy atom. The van der Waals surface area contributed by atoms with E-state index >= 15 is 0 Å². The monoisotopic (exact) mass is 245 g/mol. The molecule has 0 fully saturated rings. The Hall–Kier alpha value is -2.08. The molecule has 0 saturated heterocycles. The highest BCUT2D eigenvalue weighted by molar-refractivity contribution is 5.81. The molecule has 0 heterocycles. The van der Waals surface area contributed by atoms with Crippen molar-refractivity contribution >= 4 is 18.2 Å². The molecule has 0 aromatic heterocycles. The molecular weight excluding hydrogens is 228 g/mol. The summed E-state index contributed by atoms with van der Waals surface area (Å²) in [5, 5.41) is 0. The van der Waals surface area contributed by atoms with Crippen LogP contribution in [0.2, 0.25) is 0 Å². The van der Waals surface area contributed by atoms with Crippen LogP contribution >= 0.6 is 0 Å². The summed E-state index contributed by atoms with van der Waals surface area (Å²) >= 11 is 0. The van der Waals surface area contributed by atoms with E-state index in [9.17, 15) is 0 Å². The first-order chi connectivity index (χ1) is 9.24. The summed E-state index contributed by atoms with van der Waals surface area (Å²) in [5.74, 6) is 0. The highest BCUT2D eigenvalue weighted by atomic mass is 14.2. The maximum Gasteiger partial charge on any atom is 0.0164 e. The van der Waals surface area contributed by atoms with Gasteiger partial charge in [-0.15, -0.1) is 0 Å². The lowest BCUT2D eigenvalue weighted by Crippen LogP contribution is -1.89. The lowest BCUT2D eigenvalue weighted by molar-refractivity contribution is 1.35. The number of allylic oxidation sites excluding steroid dienone is 1. The molecule has 1 aliphatic rings. The van der Waals surface area contributed by atoms with Crippen molar-refractivity contribution in [2.24, 2.45) is 0 Å². The fraction of sp³-hybridized carbons (Fsp3) is 0.105. The first-order valence-electron chi connectivity index (χ1n) is 6.64. The van der Waals surface area contributed by atoms with E-state index in [-0.39, 0.29) is 0 Å². The zero-order chi connectivity index (χ0) is 13.2. The number of aryl methyl sites for hydroxylation is 1. The van der Waals surface area contributed by atoms with Gasteiger partial charge >= 0.3 is 0 Å². The van der Waals surface area contributed by atoms with E-state index < -0.39 is 0 Å². The summed E-state index contributed by atoms with van der Waals surface area (Å²) in [6.07, 6.45) is 8.92. The zero-order valence-electron chi connectivity index (χ0n) is 11.4. The third kappa shape index (κ3) is 2.39. The highest BCUT2D eigenvalue weighted by Crippen LogP contribution is 2.32. The van der Waals surface area contributed by atoms with Crippen LogP contribution in [0.5, 0.6) is 0 Å². The molecule has 0 bridgehead atoms. The van der Waals surface area contributed by atoms with Gasteiger partial charge in [0.1, 0.15) is 0 Å². The summed E-state index contributed by atoms with van der Waals surface area (Å²) in [7, 11) is 0. The van der Waals surface area contributed by atoms with Crippen molar-refractivity contribution in [3.63, 3.8) is 0 Å². The SMILES string of the molecule is CC1=Cc2c(C=Cc3ccccc3)ccc(C)c2[CH]1. The van der Waals surface area contributed by atoms with E-state index in [0.717, 1.165) is 0 Å². The largest absolute Gasteiger partial charge is 0.0642 e. The van der Waals surface area contributed by atoms with E-state index in [1.54, 1.807) is 0 Å². The molecule has 2 aromatic carbocycles. The van der Waals surface area contributed by atoms with Gasteiger partial charge in [0.2, 0.25) is 0 Å². The van der Waals surface area contributed by atoms with Crippen molar-refractivity contribution in [2.45, 2.75) is 13.8 Å². The van der Waals surface area contributed by atoms with E-state index in [2.05, 4.69) is 74.9 Å². The normalized spacial score (nSPS) is 13.7. The Bertz CT molecular complexity index is 658. The van der Waals surface area contributed by atoms with Crippen LogP contribution in [0.15, 0.2) is 48.0 Å². The molecule has 0 N–H and O–H groups in total. The minimum Gasteiger partial charge on any atom is -0.0642 e. The predicted octanol–water partition coefficient (Wildman–Crippen LogP) is 5.13. The molecule has 0 nitrogen and oxygen atoms in total. The minimum atomic E-state index is 1.24. The van der Waals surface area contributed by atoms with Crippen LogP contribution in [0, 0.1) is 13.3 Å². The van der Waals surface area contributed by atoms with Crippen LogP contribution < -0.4 is 0 Å². The number of fused-ring (bicyclic) bond motifs is 1. The summed E-state index contributed by atoms with van der Waals surface area (Å²) in [6, 6.07) is 14.8. The first kappa shape index (κ1) is 12.0. The molecule has 0 aliphatic heterocycles. The molecule has 0 atom stereocenters. The van der Waals surface area contributed by atoms with Crippen LogP contribution in [0.4, 0.5) is 0 Å². The van der Waals surface area contributed by atoms with Crippen molar-refractivity contribution in [1.29, 1.82) is 0 Å². The summed E-state index contributed by atoms with van der Waals surface area (Å²) in [4.78, 5) is 0. The van der Waals surface area contributed by atoms with E-state index in [0.29, 0.717) is 0 Å². The predicted molar refractivity (Wildman–Crippen MR) is 83.6 cm³/mol. The zero-order valence-corrected chi connectivity index (χ0v) is 11.4. The van der Waals surface area contributed by atoms with Crippen LogP contribution in [0.25, 0.3) is 18.2 Å². The van der Waals surface area contributed by atoms with Gasteiger partial charge in [-0.25, -0.2) is 0 Å². The summed E-state index contributed by atoms with van der Waals surface area (Å²) < 4.78 is 0. The van der Waals surface area contributed by atoms with Crippen LogP contribution in [-0.4, -0.2) is 0 Å². The molecule has 1 aliphatic carbocycles. The smallest absolute Gasteiger partial charge is 0.0164 e. The van der Waals surface area contributed by atoms with Gasteiger partial charge in [-0.3, -0.25) is 0 Å². The molecule has 19 heavy (non-hydrogen) atoms. The number of hydrogen-bond donors (Lipinski definition) is 0. The molecule has 0 unspecified atom stereocenters. The van der Waals surface area contributed by atoms with Gasteiger partial charge in [-0.1, -0.05) is 66.3 Å². The minimum absolute atomic E-state index is 1.24. The molecular formula is C19H17. The summed E-state index contributed by atoms with van der Waals surface area (Å²) in [6.45, 7) is 4.33. The standard InChI is InChI=1S/C19H17/c1-14-12-18-15(2)8-10-17(19(18)13-14)11-9-16-6-4-3-5-7-16/h3-13H,1-2H3. The molecule has 0 saturated carbocycles. The number of hydrogen-bond acceptors (Lipinski definition) is 0. The summed E-state index contributed by atoms with van der Waals surface area (Å²) in [5.41, 5.74) is 7.92. The maximum absolute atomic E-state index is 2.27. The lowest BCUT2D eigenvalue weighted by atomic mass is 9.98. The van der Waals surface area contributed by atoms with Gasteiger partial charge in [-0.05, 0) is 41.7 Å². The van der Waals surface area contributed by atoms with Crippen molar-refractivity contribution in [1.82, 2.24) is 0 Å².